The summed E-state index contributed by atoms with van der Waals surface area (Å²) in [6.07, 6.45) is 10.3. The lowest BCUT2D eigenvalue weighted by Crippen LogP contribution is -2.26. The van der Waals surface area contributed by atoms with Crippen LogP contribution in [-0.2, 0) is 16.0 Å². The molecule has 36 heavy (non-hydrogen) atoms. The van der Waals surface area contributed by atoms with Crippen LogP contribution in [0.4, 0.5) is 5.69 Å². The summed E-state index contributed by atoms with van der Waals surface area (Å²) in [6, 6.07) is 17.1. The highest BCUT2D eigenvalue weighted by Gasteiger charge is 2.13. The Morgan fingerprint density at radius 1 is 0.944 bits per heavy atom. The lowest BCUT2D eigenvalue weighted by Gasteiger charge is -2.21. The van der Waals surface area contributed by atoms with E-state index >= 15 is 0 Å². The van der Waals surface area contributed by atoms with Crippen molar-refractivity contribution in [2.24, 2.45) is 10.9 Å². The maximum absolute atomic E-state index is 9.55. The number of hydrogen-bond acceptors (Lipinski definition) is 6. The van der Waals surface area contributed by atoms with E-state index in [1.165, 1.54) is 49.7 Å². The van der Waals surface area contributed by atoms with E-state index < -0.39 is 11.9 Å². The quantitative estimate of drug-likeness (QED) is 0.373. The first kappa shape index (κ1) is 26.8. The number of carbonyl (C=O) groups is 2. The molecular formula is C28H35N3O5. The Hall–Kier alpha value is -3.81. The number of ether oxygens (including phenoxy) is 1. The van der Waals surface area contributed by atoms with Gasteiger partial charge in [0.1, 0.15) is 5.75 Å². The summed E-state index contributed by atoms with van der Waals surface area (Å²) in [5.41, 5.74) is 3.68. The van der Waals surface area contributed by atoms with Gasteiger partial charge >= 0.3 is 11.9 Å². The monoisotopic (exact) mass is 493 g/mol. The number of hydrogen-bond donors (Lipinski definition) is 4. The molecular weight excluding hydrogens is 458 g/mol. The van der Waals surface area contributed by atoms with Crippen LogP contribution in [0.5, 0.6) is 5.75 Å². The minimum absolute atomic E-state index is 0.558. The van der Waals surface area contributed by atoms with Gasteiger partial charge in [-0.05, 0) is 54.2 Å². The standard InChI is InChI=1S/C24H31N3O.C4H4O4/c1-2-4-19(5-3-1)14-17-28-23-12-8-21(9-13-23)18-20-6-10-22(11-7-20)27-24-25-15-16-26-24;5-3(6)1-2-4(7)8/h6-13,19H,1-5,14-18H2,(H2,25,26,27);1-2H,(H,5,6)(H,7,8). The zero-order valence-electron chi connectivity index (χ0n) is 20.5. The number of anilines is 1. The minimum Gasteiger partial charge on any atom is -0.494 e. The van der Waals surface area contributed by atoms with Gasteiger partial charge in [-0.3, -0.25) is 4.99 Å². The molecule has 0 saturated heterocycles. The molecule has 1 aliphatic carbocycles. The molecule has 0 spiro atoms. The van der Waals surface area contributed by atoms with Crippen molar-refractivity contribution >= 4 is 23.6 Å². The summed E-state index contributed by atoms with van der Waals surface area (Å²) in [6.45, 7) is 2.61. The Kier molecular flexibility index (Phi) is 10.8. The molecule has 2 aromatic carbocycles. The molecule has 8 heteroatoms. The topological polar surface area (TPSA) is 120 Å². The molecule has 4 N–H and O–H groups in total. The predicted octanol–water partition coefficient (Wildman–Crippen LogP) is 4.71. The minimum atomic E-state index is -1.26. The van der Waals surface area contributed by atoms with Crippen molar-refractivity contribution in [1.29, 1.82) is 0 Å². The largest absolute Gasteiger partial charge is 0.494 e. The molecule has 1 saturated carbocycles. The summed E-state index contributed by atoms with van der Waals surface area (Å²) in [5.74, 6) is 0.220. The first-order chi connectivity index (χ1) is 17.5. The van der Waals surface area contributed by atoms with E-state index in [0.717, 1.165) is 49.4 Å². The third-order valence-corrected chi connectivity index (χ3v) is 6.11. The van der Waals surface area contributed by atoms with Gasteiger partial charge in [0.05, 0.1) is 13.2 Å². The summed E-state index contributed by atoms with van der Waals surface area (Å²) < 4.78 is 5.97. The van der Waals surface area contributed by atoms with E-state index in [-0.39, 0.29) is 0 Å². The molecule has 1 fully saturated rings. The molecule has 0 radical (unpaired) electrons. The van der Waals surface area contributed by atoms with Crippen molar-refractivity contribution in [3.8, 4) is 5.75 Å². The second kappa shape index (κ2) is 14.6. The first-order valence-electron chi connectivity index (χ1n) is 12.5. The Morgan fingerprint density at radius 3 is 2.11 bits per heavy atom. The van der Waals surface area contributed by atoms with E-state index in [2.05, 4.69) is 64.2 Å². The van der Waals surface area contributed by atoms with Gasteiger partial charge in [-0.1, -0.05) is 56.4 Å². The Morgan fingerprint density at radius 2 is 1.56 bits per heavy atom. The van der Waals surface area contributed by atoms with Crippen molar-refractivity contribution < 1.29 is 24.5 Å². The molecule has 0 amide bonds. The van der Waals surface area contributed by atoms with Gasteiger partial charge in [0.2, 0.25) is 0 Å². The van der Waals surface area contributed by atoms with Gasteiger partial charge in [-0.2, -0.15) is 0 Å². The molecule has 2 aromatic rings. The zero-order valence-corrected chi connectivity index (χ0v) is 20.5. The highest BCUT2D eigenvalue weighted by Crippen LogP contribution is 2.26. The van der Waals surface area contributed by atoms with Gasteiger partial charge in [0.15, 0.2) is 5.96 Å². The fraction of sp³-hybridized carbons (Fsp3) is 0.393. The fourth-order valence-electron chi connectivity index (χ4n) is 4.23. The number of nitrogens with zero attached hydrogens (tertiary/aromatic N) is 1. The fourth-order valence-corrected chi connectivity index (χ4v) is 4.23. The van der Waals surface area contributed by atoms with E-state index in [1.807, 2.05) is 0 Å². The van der Waals surface area contributed by atoms with Gasteiger partial charge in [-0.25, -0.2) is 9.59 Å². The van der Waals surface area contributed by atoms with Gasteiger partial charge in [-0.15, -0.1) is 0 Å². The highest BCUT2D eigenvalue weighted by atomic mass is 16.5. The van der Waals surface area contributed by atoms with E-state index in [4.69, 9.17) is 14.9 Å². The molecule has 0 unspecified atom stereocenters. The number of rotatable bonds is 9. The summed E-state index contributed by atoms with van der Waals surface area (Å²) in [4.78, 5) is 23.5. The van der Waals surface area contributed by atoms with Gasteiger partial charge in [0, 0.05) is 24.4 Å². The molecule has 0 aromatic heterocycles. The average molecular weight is 494 g/mol. The Labute approximate surface area is 212 Å². The van der Waals surface area contributed by atoms with Crippen molar-refractivity contribution in [1.82, 2.24) is 5.32 Å². The number of aliphatic carboxylic acids is 2. The maximum atomic E-state index is 9.55. The van der Waals surface area contributed by atoms with Crippen LogP contribution in [0.3, 0.4) is 0 Å². The van der Waals surface area contributed by atoms with Gasteiger partial charge < -0.3 is 25.6 Å². The molecule has 192 valence electrons. The zero-order chi connectivity index (χ0) is 25.6. The number of carboxylic acids is 2. The Bertz CT molecular complexity index is 1010. The lowest BCUT2D eigenvalue weighted by molar-refractivity contribution is -0.134. The van der Waals surface area contributed by atoms with E-state index in [1.54, 1.807) is 0 Å². The van der Waals surface area contributed by atoms with E-state index in [9.17, 15) is 9.59 Å². The summed E-state index contributed by atoms with van der Waals surface area (Å²) in [7, 11) is 0. The molecule has 2 aliphatic rings. The van der Waals surface area contributed by atoms with E-state index in [0.29, 0.717) is 12.2 Å². The molecule has 1 heterocycles. The SMILES string of the molecule is O=C(O)C=CC(=O)O.c1cc(NC2=NCCN2)ccc1Cc1ccc(OCCC2CCCCC2)cc1. The molecule has 4 rings (SSSR count). The number of guanidine groups is 1. The van der Waals surface area contributed by atoms with Crippen LogP contribution in [0.25, 0.3) is 0 Å². The second-order valence-electron chi connectivity index (χ2n) is 8.95. The van der Waals surface area contributed by atoms with Crippen molar-refractivity contribution in [2.45, 2.75) is 44.9 Å². The third-order valence-electron chi connectivity index (χ3n) is 6.11. The van der Waals surface area contributed by atoms with Crippen LogP contribution in [0.1, 0.15) is 49.7 Å². The number of aliphatic imine (C=N–C) groups is 1. The normalized spacial score (nSPS) is 15.4. The smallest absolute Gasteiger partial charge is 0.328 e. The summed E-state index contributed by atoms with van der Waals surface area (Å²) >= 11 is 0. The lowest BCUT2D eigenvalue weighted by atomic mass is 9.87. The molecule has 8 nitrogen and oxygen atoms in total. The predicted molar refractivity (Wildman–Crippen MR) is 141 cm³/mol. The number of carboxylic acid groups (broad SMARTS) is 2. The van der Waals surface area contributed by atoms with Crippen LogP contribution in [0.15, 0.2) is 65.7 Å². The van der Waals surface area contributed by atoms with Crippen molar-refractivity contribution in [2.75, 3.05) is 25.0 Å². The van der Waals surface area contributed by atoms with Crippen molar-refractivity contribution in [3.63, 3.8) is 0 Å². The molecule has 0 bridgehead atoms. The van der Waals surface area contributed by atoms with Crippen LogP contribution in [0.2, 0.25) is 0 Å². The molecule has 0 atom stereocenters. The molecule has 1 aliphatic heterocycles. The van der Waals surface area contributed by atoms with Gasteiger partial charge in [0.25, 0.3) is 0 Å². The maximum Gasteiger partial charge on any atom is 0.328 e. The summed E-state index contributed by atoms with van der Waals surface area (Å²) in [5, 5.41) is 22.2. The van der Waals surface area contributed by atoms with Crippen LogP contribution in [0, 0.1) is 5.92 Å². The van der Waals surface area contributed by atoms with Crippen LogP contribution >= 0.6 is 0 Å². The van der Waals surface area contributed by atoms with Crippen LogP contribution < -0.4 is 15.4 Å². The van der Waals surface area contributed by atoms with Crippen LogP contribution in [-0.4, -0.2) is 47.8 Å². The second-order valence-corrected chi connectivity index (χ2v) is 8.95. The first-order valence-corrected chi connectivity index (χ1v) is 12.5. The Balaban J connectivity index is 0.000000392. The van der Waals surface area contributed by atoms with Crippen molar-refractivity contribution in [3.05, 3.63) is 71.8 Å². The average Bonchev–Trinajstić information content (AvgIpc) is 3.39. The third kappa shape index (κ3) is 10.2. The number of nitrogens with one attached hydrogen (secondary N) is 2. The number of benzene rings is 2. The highest BCUT2D eigenvalue weighted by molar-refractivity contribution is 5.94.